The summed E-state index contributed by atoms with van der Waals surface area (Å²) >= 11 is 1.55. The van der Waals surface area contributed by atoms with Gasteiger partial charge in [-0.3, -0.25) is 9.59 Å². The molecule has 0 bridgehead atoms. The molecule has 21 heavy (non-hydrogen) atoms. The van der Waals surface area contributed by atoms with Crippen molar-refractivity contribution in [2.24, 2.45) is 0 Å². The van der Waals surface area contributed by atoms with E-state index < -0.39 is 29.6 Å². The van der Waals surface area contributed by atoms with Crippen LogP contribution in [-0.4, -0.2) is 53.3 Å². The molecule has 0 aromatic carbocycles. The fraction of sp³-hybridized carbons (Fsp3) is 0.769. The van der Waals surface area contributed by atoms with Crippen molar-refractivity contribution in [2.45, 2.75) is 45.3 Å². The number of hydrogen-bond donors (Lipinski definition) is 3. The molecule has 0 aromatic heterocycles. The molecule has 0 fully saturated rings. The first-order chi connectivity index (χ1) is 9.65. The Kier molecular flexibility index (Phi) is 8.84. The molecule has 0 saturated carbocycles. The third-order valence-corrected chi connectivity index (χ3v) is 2.90. The molecule has 0 radical (unpaired) electrons. The number of ether oxygens (including phenoxy) is 1. The van der Waals surface area contributed by atoms with Crippen LogP contribution in [0, 0.1) is 0 Å². The fourth-order valence-corrected chi connectivity index (χ4v) is 1.84. The van der Waals surface area contributed by atoms with Crippen molar-refractivity contribution in [2.75, 3.05) is 18.6 Å². The van der Waals surface area contributed by atoms with E-state index in [2.05, 4.69) is 10.6 Å². The van der Waals surface area contributed by atoms with E-state index in [4.69, 9.17) is 9.84 Å². The van der Waals surface area contributed by atoms with Crippen molar-refractivity contribution >= 4 is 29.7 Å². The molecular weight excluding hydrogens is 296 g/mol. The Morgan fingerprint density at radius 2 is 1.90 bits per heavy atom. The zero-order chi connectivity index (χ0) is 16.5. The van der Waals surface area contributed by atoms with Crippen molar-refractivity contribution in [1.29, 1.82) is 0 Å². The molecular formula is C13H24N2O5S. The summed E-state index contributed by atoms with van der Waals surface area (Å²) in [6.45, 7) is 5.23. The normalized spacial score (nSPS) is 12.4. The average Bonchev–Trinajstić information content (AvgIpc) is 2.31. The number of alkyl carbamates (subject to hydrolysis) is 1. The van der Waals surface area contributed by atoms with Gasteiger partial charge in [-0.1, -0.05) is 0 Å². The summed E-state index contributed by atoms with van der Waals surface area (Å²) in [5.41, 5.74) is -0.645. The molecule has 0 aliphatic carbocycles. The van der Waals surface area contributed by atoms with E-state index in [1.165, 1.54) is 0 Å². The number of rotatable bonds is 8. The second-order valence-corrected chi connectivity index (χ2v) is 6.40. The summed E-state index contributed by atoms with van der Waals surface area (Å²) in [5.74, 6) is -0.709. The van der Waals surface area contributed by atoms with E-state index in [1.54, 1.807) is 32.5 Å². The first-order valence-corrected chi connectivity index (χ1v) is 8.03. The number of amides is 2. The van der Waals surface area contributed by atoms with Gasteiger partial charge in [-0.25, -0.2) is 4.79 Å². The highest BCUT2D eigenvalue weighted by molar-refractivity contribution is 7.98. The van der Waals surface area contributed by atoms with Gasteiger partial charge in [0.05, 0.1) is 6.42 Å². The topological polar surface area (TPSA) is 105 Å². The number of hydrogen-bond acceptors (Lipinski definition) is 5. The second-order valence-electron chi connectivity index (χ2n) is 5.42. The van der Waals surface area contributed by atoms with E-state index in [0.29, 0.717) is 12.2 Å². The predicted octanol–water partition coefficient (Wildman–Crippen LogP) is 1.22. The molecule has 0 aromatic rings. The molecule has 0 heterocycles. The summed E-state index contributed by atoms with van der Waals surface area (Å²) in [6, 6.07) is -0.735. The lowest BCUT2D eigenvalue weighted by Gasteiger charge is -2.23. The minimum Gasteiger partial charge on any atom is -0.481 e. The van der Waals surface area contributed by atoms with Crippen LogP contribution in [0.25, 0.3) is 0 Å². The summed E-state index contributed by atoms with van der Waals surface area (Å²) in [5, 5.41) is 13.5. The highest BCUT2D eigenvalue weighted by Crippen LogP contribution is 2.08. The number of carboxylic acid groups (broad SMARTS) is 1. The Balaban J connectivity index is 4.45. The van der Waals surface area contributed by atoms with Gasteiger partial charge in [0.15, 0.2) is 0 Å². The lowest BCUT2D eigenvalue weighted by atomic mass is 10.2. The monoisotopic (exact) mass is 320 g/mol. The molecule has 3 N–H and O–H groups in total. The summed E-state index contributed by atoms with van der Waals surface area (Å²) < 4.78 is 5.11. The van der Waals surface area contributed by atoms with Crippen LogP contribution >= 0.6 is 11.8 Å². The van der Waals surface area contributed by atoms with Gasteiger partial charge in [0.25, 0.3) is 0 Å². The number of aliphatic carboxylic acids is 1. The number of carboxylic acids is 1. The number of nitrogens with one attached hydrogen (secondary N) is 2. The lowest BCUT2D eigenvalue weighted by Crippen LogP contribution is -2.48. The fourth-order valence-electron chi connectivity index (χ4n) is 1.37. The molecule has 1 atom stereocenters. The number of carbonyl (C=O) groups excluding carboxylic acids is 2. The first kappa shape index (κ1) is 19.6. The minimum absolute atomic E-state index is 0.0277. The standard InChI is InChI=1S/C13H24N2O5S/c1-13(2,3)20-12(19)15-9(6-8-21-4)11(18)14-7-5-10(16)17/h9H,5-8H2,1-4H3,(H,14,18)(H,15,19)(H,16,17)/t9-/m0/s1. The molecule has 0 spiro atoms. The van der Waals surface area contributed by atoms with Gasteiger partial charge >= 0.3 is 12.1 Å². The first-order valence-electron chi connectivity index (χ1n) is 6.63. The average molecular weight is 320 g/mol. The van der Waals surface area contributed by atoms with Crippen LogP contribution in [0.5, 0.6) is 0 Å². The smallest absolute Gasteiger partial charge is 0.408 e. The van der Waals surface area contributed by atoms with Crippen LogP contribution in [-0.2, 0) is 14.3 Å². The van der Waals surface area contributed by atoms with Gasteiger partial charge in [-0.2, -0.15) is 11.8 Å². The Morgan fingerprint density at radius 3 is 2.38 bits per heavy atom. The molecule has 7 nitrogen and oxygen atoms in total. The third-order valence-electron chi connectivity index (χ3n) is 2.26. The van der Waals surface area contributed by atoms with Gasteiger partial charge in [-0.05, 0) is 39.2 Å². The Bertz CT molecular complexity index is 368. The second kappa shape index (κ2) is 9.49. The molecule has 0 unspecified atom stereocenters. The number of carbonyl (C=O) groups is 3. The molecule has 0 saturated heterocycles. The van der Waals surface area contributed by atoms with Gasteiger partial charge in [-0.15, -0.1) is 0 Å². The van der Waals surface area contributed by atoms with Crippen molar-refractivity contribution < 1.29 is 24.2 Å². The molecule has 2 amide bonds. The van der Waals surface area contributed by atoms with Crippen LogP contribution in [0.3, 0.4) is 0 Å². The molecule has 0 rings (SSSR count). The van der Waals surface area contributed by atoms with E-state index in [-0.39, 0.29) is 13.0 Å². The molecule has 122 valence electrons. The Labute approximate surface area is 129 Å². The van der Waals surface area contributed by atoms with Gasteiger partial charge in [0.2, 0.25) is 5.91 Å². The zero-order valence-corrected chi connectivity index (χ0v) is 13.7. The highest BCUT2D eigenvalue weighted by atomic mass is 32.2. The largest absolute Gasteiger partial charge is 0.481 e. The Morgan fingerprint density at radius 1 is 1.29 bits per heavy atom. The van der Waals surface area contributed by atoms with Crippen LogP contribution in [0.2, 0.25) is 0 Å². The lowest BCUT2D eigenvalue weighted by molar-refractivity contribution is -0.137. The van der Waals surface area contributed by atoms with Crippen molar-refractivity contribution in [3.63, 3.8) is 0 Å². The maximum absolute atomic E-state index is 11.9. The molecule has 0 aliphatic heterocycles. The maximum atomic E-state index is 11.9. The van der Waals surface area contributed by atoms with E-state index in [0.717, 1.165) is 0 Å². The van der Waals surface area contributed by atoms with Crippen LogP contribution < -0.4 is 10.6 Å². The third kappa shape index (κ3) is 10.9. The van der Waals surface area contributed by atoms with Crippen LogP contribution in [0.15, 0.2) is 0 Å². The van der Waals surface area contributed by atoms with Crippen LogP contribution in [0.4, 0.5) is 4.79 Å². The predicted molar refractivity (Wildman–Crippen MR) is 81.4 cm³/mol. The van der Waals surface area contributed by atoms with E-state index in [9.17, 15) is 14.4 Å². The maximum Gasteiger partial charge on any atom is 0.408 e. The van der Waals surface area contributed by atoms with E-state index in [1.807, 2.05) is 6.26 Å². The minimum atomic E-state index is -0.990. The number of thioether (sulfide) groups is 1. The zero-order valence-electron chi connectivity index (χ0n) is 12.9. The van der Waals surface area contributed by atoms with Gasteiger partial charge in [0, 0.05) is 6.54 Å². The highest BCUT2D eigenvalue weighted by Gasteiger charge is 2.23. The van der Waals surface area contributed by atoms with Gasteiger partial charge in [0.1, 0.15) is 11.6 Å². The van der Waals surface area contributed by atoms with Crippen molar-refractivity contribution in [3.05, 3.63) is 0 Å². The Hall–Kier alpha value is -1.44. The van der Waals surface area contributed by atoms with Gasteiger partial charge < -0.3 is 20.5 Å². The molecule has 0 aliphatic rings. The quantitative estimate of drug-likeness (QED) is 0.621. The van der Waals surface area contributed by atoms with Crippen molar-refractivity contribution in [1.82, 2.24) is 10.6 Å². The summed E-state index contributed by atoms with van der Waals surface area (Å²) in [4.78, 5) is 34.1. The van der Waals surface area contributed by atoms with Crippen LogP contribution in [0.1, 0.15) is 33.6 Å². The van der Waals surface area contributed by atoms with E-state index >= 15 is 0 Å². The summed E-state index contributed by atoms with van der Waals surface area (Å²) in [7, 11) is 0. The van der Waals surface area contributed by atoms with Crippen molar-refractivity contribution in [3.8, 4) is 0 Å². The molecule has 8 heteroatoms. The summed E-state index contributed by atoms with van der Waals surface area (Å²) in [6.07, 6.45) is 1.52. The SMILES string of the molecule is CSCC[C@H](NC(=O)OC(C)(C)C)C(=O)NCCC(=O)O.